The fraction of sp³-hybridized carbons (Fsp3) is 1.00. The highest BCUT2D eigenvalue weighted by atomic mass is 32.2. The number of piperazine rings is 1. The summed E-state index contributed by atoms with van der Waals surface area (Å²) in [7, 11) is -3.03. The first-order valence-electron chi connectivity index (χ1n) is 8.05. The van der Waals surface area contributed by atoms with Gasteiger partial charge in [-0.15, -0.1) is 0 Å². The van der Waals surface area contributed by atoms with E-state index in [0.29, 0.717) is 31.0 Å². The third-order valence-electron chi connectivity index (χ3n) is 6.00. The van der Waals surface area contributed by atoms with E-state index in [9.17, 15) is 8.42 Å². The van der Waals surface area contributed by atoms with Crippen molar-refractivity contribution >= 4 is 10.0 Å². The van der Waals surface area contributed by atoms with E-state index in [0.717, 1.165) is 26.1 Å². The summed E-state index contributed by atoms with van der Waals surface area (Å²) in [6.07, 6.45) is 3.60. The van der Waals surface area contributed by atoms with Gasteiger partial charge in [0.05, 0.1) is 6.26 Å². The molecule has 1 saturated carbocycles. The zero-order valence-electron chi connectivity index (χ0n) is 13.9. The maximum absolute atomic E-state index is 11.6. The van der Waals surface area contributed by atoms with Crippen molar-refractivity contribution in [1.82, 2.24) is 9.21 Å². The molecule has 0 aromatic heterocycles. The van der Waals surface area contributed by atoms with E-state index in [4.69, 9.17) is 5.73 Å². The number of rotatable bonds is 3. The molecule has 0 radical (unpaired) electrons. The van der Waals surface area contributed by atoms with Crippen LogP contribution in [0.15, 0.2) is 0 Å². The molecule has 2 N–H and O–H groups in total. The molecule has 0 aromatic carbocycles. The lowest BCUT2D eigenvalue weighted by Gasteiger charge is -2.49. The van der Waals surface area contributed by atoms with Gasteiger partial charge in [-0.1, -0.05) is 20.8 Å². The van der Waals surface area contributed by atoms with Crippen LogP contribution >= 0.6 is 0 Å². The first-order chi connectivity index (χ1) is 9.62. The second kappa shape index (κ2) is 6.14. The Morgan fingerprint density at radius 3 is 2.24 bits per heavy atom. The molecule has 1 aliphatic heterocycles. The Balaban J connectivity index is 1.92. The number of sulfonamides is 1. The van der Waals surface area contributed by atoms with Gasteiger partial charge in [0.1, 0.15) is 0 Å². The van der Waals surface area contributed by atoms with Crippen molar-refractivity contribution in [3.63, 3.8) is 0 Å². The van der Waals surface area contributed by atoms with E-state index in [2.05, 4.69) is 25.7 Å². The van der Waals surface area contributed by atoms with Crippen LogP contribution in [-0.4, -0.2) is 62.6 Å². The lowest BCUT2D eigenvalue weighted by molar-refractivity contribution is 0.0221. The summed E-state index contributed by atoms with van der Waals surface area (Å²) in [5.41, 5.74) is 6.48. The summed E-state index contributed by atoms with van der Waals surface area (Å²) in [6, 6.07) is 0.318. The Hall–Kier alpha value is -0.170. The number of nitrogens with zero attached hydrogens (tertiary/aromatic N) is 2. The van der Waals surface area contributed by atoms with Crippen molar-refractivity contribution in [3.8, 4) is 0 Å². The maximum atomic E-state index is 11.6. The molecule has 5 nitrogen and oxygen atoms in total. The third-order valence-corrected chi connectivity index (χ3v) is 7.30. The van der Waals surface area contributed by atoms with Crippen molar-refractivity contribution in [1.29, 1.82) is 0 Å². The highest BCUT2D eigenvalue weighted by molar-refractivity contribution is 7.88. The van der Waals surface area contributed by atoms with Crippen LogP contribution in [0.5, 0.6) is 0 Å². The topological polar surface area (TPSA) is 66.6 Å². The van der Waals surface area contributed by atoms with Crippen LogP contribution in [0.25, 0.3) is 0 Å². The molecule has 0 spiro atoms. The fourth-order valence-electron chi connectivity index (χ4n) is 3.82. The summed E-state index contributed by atoms with van der Waals surface area (Å²) in [4.78, 5) is 2.43. The smallest absolute Gasteiger partial charge is 0.211 e. The van der Waals surface area contributed by atoms with Crippen LogP contribution in [0.4, 0.5) is 0 Å². The van der Waals surface area contributed by atoms with Gasteiger partial charge in [0.15, 0.2) is 0 Å². The van der Waals surface area contributed by atoms with Crippen LogP contribution in [0, 0.1) is 17.3 Å². The quantitative estimate of drug-likeness (QED) is 0.842. The fourth-order valence-corrected chi connectivity index (χ4v) is 4.65. The van der Waals surface area contributed by atoms with E-state index in [1.54, 1.807) is 4.31 Å². The van der Waals surface area contributed by atoms with Crippen LogP contribution in [0.2, 0.25) is 0 Å². The average molecular weight is 317 g/mol. The molecule has 6 heteroatoms. The van der Waals surface area contributed by atoms with Gasteiger partial charge in [-0.3, -0.25) is 0 Å². The second-order valence-corrected chi connectivity index (χ2v) is 9.49. The molecule has 2 aliphatic rings. The Kier molecular flexibility index (Phi) is 5.03. The number of hydrogen-bond acceptors (Lipinski definition) is 4. The monoisotopic (exact) mass is 317 g/mol. The normalized spacial score (nSPS) is 35.8. The Labute approximate surface area is 129 Å². The van der Waals surface area contributed by atoms with Gasteiger partial charge in [0.25, 0.3) is 0 Å². The third kappa shape index (κ3) is 3.78. The lowest BCUT2D eigenvalue weighted by Crippen LogP contribution is -2.53. The Bertz CT molecular complexity index is 456. The van der Waals surface area contributed by atoms with Gasteiger partial charge in [-0.2, -0.15) is 4.31 Å². The summed E-state index contributed by atoms with van der Waals surface area (Å²) in [5.74, 6) is 1.19. The van der Waals surface area contributed by atoms with Crippen molar-refractivity contribution in [2.75, 3.05) is 39.0 Å². The highest BCUT2D eigenvalue weighted by Crippen LogP contribution is 2.44. The minimum absolute atomic E-state index is 0.256. The minimum atomic E-state index is -3.03. The minimum Gasteiger partial charge on any atom is -0.327 e. The van der Waals surface area contributed by atoms with Crippen molar-refractivity contribution < 1.29 is 8.42 Å². The van der Waals surface area contributed by atoms with Crippen molar-refractivity contribution in [2.24, 2.45) is 23.0 Å². The molecule has 0 amide bonds. The zero-order valence-corrected chi connectivity index (χ0v) is 14.7. The molecule has 3 unspecified atom stereocenters. The SMILES string of the molecule is CC1C(N)CCC(CN2CCN(S(C)(=O)=O)CC2)C1(C)C. The molecule has 0 aromatic rings. The summed E-state index contributed by atoms with van der Waals surface area (Å²) >= 11 is 0. The van der Waals surface area contributed by atoms with Crippen molar-refractivity contribution in [2.45, 2.75) is 39.7 Å². The van der Waals surface area contributed by atoms with Crippen LogP contribution in [-0.2, 0) is 10.0 Å². The highest BCUT2D eigenvalue weighted by Gasteiger charge is 2.42. The van der Waals surface area contributed by atoms with E-state index >= 15 is 0 Å². The first kappa shape index (κ1) is 17.2. The molecule has 2 rings (SSSR count). The zero-order chi connectivity index (χ0) is 15.8. The van der Waals surface area contributed by atoms with Crippen LogP contribution in [0.3, 0.4) is 0 Å². The predicted octanol–water partition coefficient (Wildman–Crippen LogP) is 0.963. The second-order valence-electron chi connectivity index (χ2n) is 7.51. The van der Waals surface area contributed by atoms with Gasteiger partial charge in [0.2, 0.25) is 10.0 Å². The molecule has 2 fully saturated rings. The van der Waals surface area contributed by atoms with E-state index in [1.165, 1.54) is 12.7 Å². The maximum Gasteiger partial charge on any atom is 0.211 e. The molecular weight excluding hydrogens is 286 g/mol. The van der Waals surface area contributed by atoms with Gasteiger partial charge in [-0.05, 0) is 30.1 Å². The van der Waals surface area contributed by atoms with Crippen molar-refractivity contribution in [3.05, 3.63) is 0 Å². The van der Waals surface area contributed by atoms with Crippen LogP contribution < -0.4 is 5.73 Å². The Morgan fingerprint density at radius 2 is 1.71 bits per heavy atom. The number of nitrogens with two attached hydrogens (primary N) is 1. The average Bonchev–Trinajstić information content (AvgIpc) is 2.40. The summed E-state index contributed by atoms with van der Waals surface area (Å²) < 4.78 is 24.7. The molecule has 0 bridgehead atoms. The van der Waals surface area contributed by atoms with E-state index < -0.39 is 10.0 Å². The molecule has 1 heterocycles. The molecule has 1 aliphatic carbocycles. The summed E-state index contributed by atoms with van der Waals surface area (Å²) in [6.45, 7) is 11.0. The molecule has 21 heavy (non-hydrogen) atoms. The van der Waals surface area contributed by atoms with Gasteiger partial charge in [-0.25, -0.2) is 8.42 Å². The van der Waals surface area contributed by atoms with E-state index in [1.807, 2.05) is 0 Å². The molecule has 1 saturated heterocycles. The first-order valence-corrected chi connectivity index (χ1v) is 9.90. The Morgan fingerprint density at radius 1 is 1.14 bits per heavy atom. The number of hydrogen-bond donors (Lipinski definition) is 1. The summed E-state index contributed by atoms with van der Waals surface area (Å²) in [5, 5.41) is 0. The predicted molar refractivity (Wildman–Crippen MR) is 86.5 cm³/mol. The van der Waals surface area contributed by atoms with E-state index in [-0.39, 0.29) is 5.41 Å². The molecule has 124 valence electrons. The van der Waals surface area contributed by atoms with Gasteiger partial charge >= 0.3 is 0 Å². The largest absolute Gasteiger partial charge is 0.327 e. The molecule has 3 atom stereocenters. The standard InChI is InChI=1S/C15H31N3O2S/c1-12-14(16)6-5-13(15(12,2)3)11-17-7-9-18(10-8-17)21(4,19)20/h12-14H,5-11,16H2,1-4H3. The molecular formula is C15H31N3O2S. The lowest BCUT2D eigenvalue weighted by atomic mass is 9.61. The van der Waals surface area contributed by atoms with Gasteiger partial charge in [0, 0.05) is 38.8 Å². The van der Waals surface area contributed by atoms with Gasteiger partial charge < -0.3 is 10.6 Å². The van der Waals surface area contributed by atoms with Crippen LogP contribution in [0.1, 0.15) is 33.6 Å².